The van der Waals surface area contributed by atoms with Crippen LogP contribution in [0, 0.1) is 11.7 Å². The fraction of sp³-hybridized carbons (Fsp3) is 0.385. The summed E-state index contributed by atoms with van der Waals surface area (Å²) in [6, 6.07) is 3.22. The minimum absolute atomic E-state index is 0. The van der Waals surface area contributed by atoms with Crippen LogP contribution in [0.25, 0.3) is 0 Å². The molecule has 1 aromatic carbocycles. The van der Waals surface area contributed by atoms with Gasteiger partial charge in [-0.25, -0.2) is 4.39 Å². The first kappa shape index (κ1) is 15.3. The van der Waals surface area contributed by atoms with E-state index in [9.17, 15) is 4.39 Å². The van der Waals surface area contributed by atoms with Crippen molar-refractivity contribution >= 4 is 24.0 Å². The van der Waals surface area contributed by atoms with Gasteiger partial charge in [0.25, 0.3) is 0 Å². The van der Waals surface area contributed by atoms with Crippen LogP contribution in [0.4, 0.5) is 4.39 Å². The summed E-state index contributed by atoms with van der Waals surface area (Å²) < 4.78 is 19.5. The van der Waals surface area contributed by atoms with Gasteiger partial charge in [-0.05, 0) is 36.9 Å². The fourth-order valence-electron chi connectivity index (χ4n) is 2.03. The molecule has 2 unspecified atom stereocenters. The van der Waals surface area contributed by atoms with Crippen LogP contribution in [0.15, 0.2) is 24.8 Å². The maximum atomic E-state index is 14.0. The Morgan fingerprint density at radius 1 is 1.56 bits per heavy atom. The van der Waals surface area contributed by atoms with Crippen LogP contribution in [-0.2, 0) is 0 Å². The monoisotopic (exact) mass is 291 g/mol. The molecule has 1 aliphatic carbocycles. The summed E-state index contributed by atoms with van der Waals surface area (Å²) in [5.41, 5.74) is 6.15. The Bertz CT molecular complexity index is 439. The fourth-order valence-corrected chi connectivity index (χ4v) is 2.20. The molecule has 1 saturated carbocycles. The van der Waals surface area contributed by atoms with Crippen molar-refractivity contribution in [2.45, 2.75) is 12.3 Å². The molecule has 0 bridgehead atoms. The van der Waals surface area contributed by atoms with Gasteiger partial charge < -0.3 is 10.5 Å². The van der Waals surface area contributed by atoms with Crippen molar-refractivity contribution in [3.05, 3.63) is 41.2 Å². The van der Waals surface area contributed by atoms with Gasteiger partial charge in [-0.1, -0.05) is 24.3 Å². The molecule has 5 heteroatoms. The molecule has 0 aromatic heterocycles. The molecule has 2 nitrogen and oxygen atoms in total. The van der Waals surface area contributed by atoms with E-state index in [1.807, 2.05) is 0 Å². The van der Waals surface area contributed by atoms with E-state index in [0.717, 1.165) is 6.42 Å². The number of benzene rings is 1. The predicted octanol–water partition coefficient (Wildman–Crippen LogP) is 3.53. The zero-order chi connectivity index (χ0) is 12.4. The van der Waals surface area contributed by atoms with Gasteiger partial charge in [0.2, 0.25) is 0 Å². The number of ether oxygens (including phenoxy) is 1. The Morgan fingerprint density at radius 3 is 2.83 bits per heavy atom. The molecule has 0 spiro atoms. The van der Waals surface area contributed by atoms with Crippen LogP contribution >= 0.6 is 24.0 Å². The van der Waals surface area contributed by atoms with E-state index in [1.54, 1.807) is 12.1 Å². The molecule has 0 amide bonds. The first-order valence-corrected chi connectivity index (χ1v) is 5.98. The molecule has 2 N–H and O–H groups in total. The summed E-state index contributed by atoms with van der Waals surface area (Å²) in [5.74, 6) is 0.648. The molecule has 2 atom stereocenters. The van der Waals surface area contributed by atoms with Gasteiger partial charge in [0.15, 0.2) is 0 Å². The summed E-state index contributed by atoms with van der Waals surface area (Å²) in [6.45, 7) is 4.49. The molecule has 1 aliphatic rings. The van der Waals surface area contributed by atoms with Crippen LogP contribution in [0.2, 0.25) is 5.02 Å². The molecule has 0 radical (unpaired) electrons. The summed E-state index contributed by atoms with van der Waals surface area (Å²) in [4.78, 5) is 0. The molecule has 2 rings (SSSR count). The highest BCUT2D eigenvalue weighted by Gasteiger charge is 2.41. The third-order valence-corrected chi connectivity index (χ3v) is 3.34. The van der Waals surface area contributed by atoms with E-state index in [4.69, 9.17) is 22.1 Å². The predicted molar refractivity (Wildman–Crippen MR) is 74.3 cm³/mol. The minimum atomic E-state index is -0.380. The maximum absolute atomic E-state index is 14.0. The largest absolute Gasteiger partial charge is 0.489 e. The number of rotatable bonds is 5. The van der Waals surface area contributed by atoms with E-state index in [1.165, 1.54) is 6.07 Å². The molecule has 0 heterocycles. The lowest BCUT2D eigenvalue weighted by atomic mass is 10.1. The minimum Gasteiger partial charge on any atom is -0.489 e. The van der Waals surface area contributed by atoms with Crippen molar-refractivity contribution in [2.75, 3.05) is 13.2 Å². The van der Waals surface area contributed by atoms with Gasteiger partial charge in [0.05, 0.1) is 5.02 Å². The lowest BCUT2D eigenvalue weighted by molar-refractivity contribution is 0.355. The normalized spacial score (nSPS) is 21.1. The Kier molecular flexibility index (Phi) is 5.45. The Labute approximate surface area is 117 Å². The molecular weight excluding hydrogens is 276 g/mol. The summed E-state index contributed by atoms with van der Waals surface area (Å²) in [5, 5.41) is 0.133. The van der Waals surface area contributed by atoms with Crippen molar-refractivity contribution in [2.24, 2.45) is 11.7 Å². The number of halogens is 3. The molecule has 0 saturated heterocycles. The second kappa shape index (κ2) is 6.41. The molecule has 18 heavy (non-hydrogen) atoms. The summed E-state index contributed by atoms with van der Waals surface area (Å²) >= 11 is 5.80. The van der Waals surface area contributed by atoms with Crippen molar-refractivity contribution in [1.82, 2.24) is 0 Å². The third kappa shape index (κ3) is 2.97. The Hall–Kier alpha value is -0.770. The van der Waals surface area contributed by atoms with Crippen LogP contribution in [-0.4, -0.2) is 13.2 Å². The zero-order valence-corrected chi connectivity index (χ0v) is 11.4. The van der Waals surface area contributed by atoms with Gasteiger partial charge in [-0.15, -0.1) is 12.4 Å². The van der Waals surface area contributed by atoms with Crippen molar-refractivity contribution < 1.29 is 9.13 Å². The van der Waals surface area contributed by atoms with E-state index in [2.05, 4.69) is 6.58 Å². The van der Waals surface area contributed by atoms with E-state index in [-0.39, 0.29) is 29.2 Å². The third-order valence-electron chi connectivity index (χ3n) is 3.05. The van der Waals surface area contributed by atoms with E-state index in [0.29, 0.717) is 30.4 Å². The zero-order valence-electron chi connectivity index (χ0n) is 9.86. The second-order valence-corrected chi connectivity index (χ2v) is 4.62. The van der Waals surface area contributed by atoms with Crippen LogP contribution in [0.1, 0.15) is 17.9 Å². The highest BCUT2D eigenvalue weighted by atomic mass is 35.5. The van der Waals surface area contributed by atoms with Crippen molar-refractivity contribution in [3.63, 3.8) is 0 Å². The van der Waals surface area contributed by atoms with Crippen LogP contribution < -0.4 is 10.5 Å². The average molecular weight is 292 g/mol. The number of hydrogen-bond donors (Lipinski definition) is 1. The van der Waals surface area contributed by atoms with Crippen LogP contribution in [0.3, 0.4) is 0 Å². The molecule has 1 aromatic rings. The lowest BCUT2D eigenvalue weighted by Gasteiger charge is -2.12. The number of nitrogens with two attached hydrogens (primary N) is 1. The molecule has 0 aliphatic heterocycles. The van der Waals surface area contributed by atoms with E-state index < -0.39 is 0 Å². The standard InChI is InChI=1S/C13H15ClFNO.ClH/c1-2-5-17-11-4-3-10(14)13(15)12(11)9-6-8(9)7-16;/h2-4,8-9H,1,5-7,16H2;1H. The Morgan fingerprint density at radius 2 is 2.28 bits per heavy atom. The highest BCUT2D eigenvalue weighted by Crippen LogP contribution is 2.51. The summed E-state index contributed by atoms with van der Waals surface area (Å²) in [6.07, 6.45) is 2.53. The van der Waals surface area contributed by atoms with Gasteiger partial charge in [-0.3, -0.25) is 0 Å². The van der Waals surface area contributed by atoms with Crippen molar-refractivity contribution in [3.8, 4) is 5.75 Å². The SMILES string of the molecule is C=CCOc1ccc(Cl)c(F)c1C1CC1CN.Cl. The van der Waals surface area contributed by atoms with E-state index >= 15 is 0 Å². The molecular formula is C13H16Cl2FNO. The maximum Gasteiger partial charge on any atom is 0.148 e. The highest BCUT2D eigenvalue weighted by molar-refractivity contribution is 6.30. The van der Waals surface area contributed by atoms with Crippen LogP contribution in [0.5, 0.6) is 5.75 Å². The first-order chi connectivity index (χ1) is 8.19. The first-order valence-electron chi connectivity index (χ1n) is 5.60. The lowest BCUT2D eigenvalue weighted by Crippen LogP contribution is -2.05. The molecule has 100 valence electrons. The topological polar surface area (TPSA) is 35.2 Å². The van der Waals surface area contributed by atoms with Crippen molar-refractivity contribution in [1.29, 1.82) is 0 Å². The average Bonchev–Trinajstić information content (AvgIpc) is 3.09. The second-order valence-electron chi connectivity index (χ2n) is 4.21. The van der Waals surface area contributed by atoms with Gasteiger partial charge in [-0.2, -0.15) is 0 Å². The quantitative estimate of drug-likeness (QED) is 0.843. The molecule has 1 fully saturated rings. The number of hydrogen-bond acceptors (Lipinski definition) is 2. The van der Waals surface area contributed by atoms with Gasteiger partial charge in [0, 0.05) is 5.56 Å². The summed E-state index contributed by atoms with van der Waals surface area (Å²) in [7, 11) is 0. The smallest absolute Gasteiger partial charge is 0.148 e. The Balaban J connectivity index is 0.00000162. The van der Waals surface area contributed by atoms with Gasteiger partial charge in [0.1, 0.15) is 18.2 Å². The van der Waals surface area contributed by atoms with Gasteiger partial charge >= 0.3 is 0 Å².